The van der Waals surface area contributed by atoms with Crippen molar-refractivity contribution >= 4 is 5.91 Å². The molecule has 0 aromatic carbocycles. The number of likely N-dealkylation sites (tertiary alicyclic amines) is 1. The molecule has 0 spiro atoms. The van der Waals surface area contributed by atoms with E-state index < -0.39 is 6.10 Å². The number of amides is 1. The molecule has 88 valence electrons. The molecule has 16 heavy (non-hydrogen) atoms. The van der Waals surface area contributed by atoms with Gasteiger partial charge in [-0.3, -0.25) is 4.79 Å². The summed E-state index contributed by atoms with van der Waals surface area (Å²) in [6.45, 7) is 3.34. The van der Waals surface area contributed by atoms with E-state index in [-0.39, 0.29) is 18.4 Å². The lowest BCUT2D eigenvalue weighted by atomic mass is 9.96. The van der Waals surface area contributed by atoms with Crippen LogP contribution in [0.15, 0.2) is 12.4 Å². The van der Waals surface area contributed by atoms with Gasteiger partial charge in [-0.2, -0.15) is 0 Å². The van der Waals surface area contributed by atoms with Crippen molar-refractivity contribution in [2.45, 2.75) is 26.0 Å². The van der Waals surface area contributed by atoms with Gasteiger partial charge in [-0.25, -0.2) is 4.68 Å². The first-order chi connectivity index (χ1) is 7.66. The molecule has 1 fully saturated rings. The first-order valence-corrected chi connectivity index (χ1v) is 5.47. The maximum atomic E-state index is 11.8. The minimum Gasteiger partial charge on any atom is -0.391 e. The average molecular weight is 224 g/mol. The number of aromatic nitrogens is 3. The molecule has 2 heterocycles. The third-order valence-electron chi connectivity index (χ3n) is 3.04. The Morgan fingerprint density at radius 3 is 3.06 bits per heavy atom. The molecule has 6 heteroatoms. The Kier molecular flexibility index (Phi) is 3.19. The Morgan fingerprint density at radius 2 is 2.44 bits per heavy atom. The number of hydrogen-bond acceptors (Lipinski definition) is 4. The van der Waals surface area contributed by atoms with Crippen LogP contribution in [0.25, 0.3) is 0 Å². The molecular formula is C10H16N4O2. The van der Waals surface area contributed by atoms with Crippen molar-refractivity contribution in [2.75, 3.05) is 13.1 Å². The fourth-order valence-electron chi connectivity index (χ4n) is 1.83. The normalized spacial score (nSPS) is 25.8. The molecule has 1 amide bonds. The summed E-state index contributed by atoms with van der Waals surface area (Å²) in [7, 11) is 0. The number of carbonyl (C=O) groups is 1. The number of piperidine rings is 1. The fourth-order valence-corrected chi connectivity index (χ4v) is 1.83. The summed E-state index contributed by atoms with van der Waals surface area (Å²) in [6, 6.07) is 0. The fraction of sp³-hybridized carbons (Fsp3) is 0.700. The molecule has 1 aromatic rings. The molecule has 0 saturated carbocycles. The van der Waals surface area contributed by atoms with Gasteiger partial charge >= 0.3 is 0 Å². The predicted molar refractivity (Wildman–Crippen MR) is 56.4 cm³/mol. The summed E-state index contributed by atoms with van der Waals surface area (Å²) in [5.74, 6) is 0.256. The van der Waals surface area contributed by atoms with Gasteiger partial charge in [0.15, 0.2) is 0 Å². The van der Waals surface area contributed by atoms with Crippen molar-refractivity contribution < 1.29 is 9.90 Å². The highest BCUT2D eigenvalue weighted by molar-refractivity contribution is 5.76. The van der Waals surface area contributed by atoms with Gasteiger partial charge in [-0.1, -0.05) is 12.1 Å². The van der Waals surface area contributed by atoms with Gasteiger partial charge in [0.1, 0.15) is 6.54 Å². The van der Waals surface area contributed by atoms with Crippen LogP contribution in [-0.2, 0) is 11.3 Å². The Bertz CT molecular complexity index is 352. The van der Waals surface area contributed by atoms with Crippen LogP contribution in [0.5, 0.6) is 0 Å². The molecule has 1 saturated heterocycles. The van der Waals surface area contributed by atoms with Crippen molar-refractivity contribution in [1.82, 2.24) is 19.9 Å². The van der Waals surface area contributed by atoms with Gasteiger partial charge in [0.25, 0.3) is 0 Å². The van der Waals surface area contributed by atoms with Gasteiger partial charge in [-0.15, -0.1) is 5.10 Å². The molecule has 1 aromatic heterocycles. The summed E-state index contributed by atoms with van der Waals surface area (Å²) >= 11 is 0. The Labute approximate surface area is 93.9 Å². The zero-order valence-corrected chi connectivity index (χ0v) is 9.28. The van der Waals surface area contributed by atoms with Gasteiger partial charge in [0, 0.05) is 19.3 Å². The SMILES string of the molecule is CC1CCN(C(=O)Cn2ccnn2)CC1O. The summed E-state index contributed by atoms with van der Waals surface area (Å²) in [5, 5.41) is 17.1. The molecule has 2 atom stereocenters. The van der Waals surface area contributed by atoms with E-state index in [1.165, 1.54) is 4.68 Å². The van der Waals surface area contributed by atoms with Crippen LogP contribution in [0.3, 0.4) is 0 Å². The average Bonchev–Trinajstić information content (AvgIpc) is 2.74. The highest BCUT2D eigenvalue weighted by Gasteiger charge is 2.27. The van der Waals surface area contributed by atoms with E-state index in [0.717, 1.165) is 6.42 Å². The monoisotopic (exact) mass is 224 g/mol. The van der Waals surface area contributed by atoms with Crippen LogP contribution < -0.4 is 0 Å². The molecular weight excluding hydrogens is 208 g/mol. The minimum absolute atomic E-state index is 0.0172. The van der Waals surface area contributed by atoms with E-state index in [1.54, 1.807) is 17.3 Å². The molecule has 1 aliphatic heterocycles. The second kappa shape index (κ2) is 4.61. The van der Waals surface area contributed by atoms with Crippen molar-refractivity contribution in [1.29, 1.82) is 0 Å². The van der Waals surface area contributed by atoms with Crippen LogP contribution in [-0.4, -0.2) is 50.1 Å². The van der Waals surface area contributed by atoms with Gasteiger partial charge in [0.2, 0.25) is 5.91 Å². The van der Waals surface area contributed by atoms with Crippen LogP contribution in [0.2, 0.25) is 0 Å². The third-order valence-corrected chi connectivity index (χ3v) is 3.04. The molecule has 2 rings (SSSR count). The Morgan fingerprint density at radius 1 is 1.62 bits per heavy atom. The minimum atomic E-state index is -0.409. The largest absolute Gasteiger partial charge is 0.391 e. The zero-order valence-electron chi connectivity index (χ0n) is 9.28. The van der Waals surface area contributed by atoms with E-state index in [9.17, 15) is 9.90 Å². The van der Waals surface area contributed by atoms with Crippen molar-refractivity contribution in [3.8, 4) is 0 Å². The topological polar surface area (TPSA) is 71.2 Å². The smallest absolute Gasteiger partial charge is 0.244 e. The first kappa shape index (κ1) is 11.1. The first-order valence-electron chi connectivity index (χ1n) is 5.47. The quantitative estimate of drug-likeness (QED) is 0.735. The van der Waals surface area contributed by atoms with E-state index in [1.807, 2.05) is 6.92 Å². The summed E-state index contributed by atoms with van der Waals surface area (Å²) < 4.78 is 1.49. The maximum absolute atomic E-state index is 11.8. The second-order valence-electron chi connectivity index (χ2n) is 4.27. The van der Waals surface area contributed by atoms with Crippen molar-refractivity contribution in [2.24, 2.45) is 5.92 Å². The van der Waals surface area contributed by atoms with Crippen molar-refractivity contribution in [3.63, 3.8) is 0 Å². The second-order valence-corrected chi connectivity index (χ2v) is 4.27. The molecule has 2 unspecified atom stereocenters. The number of nitrogens with zero attached hydrogens (tertiary/aromatic N) is 4. The lowest BCUT2D eigenvalue weighted by molar-refractivity contribution is -0.136. The molecule has 0 bridgehead atoms. The lowest BCUT2D eigenvalue weighted by Gasteiger charge is -2.34. The van der Waals surface area contributed by atoms with Gasteiger partial charge in [0.05, 0.1) is 12.3 Å². The van der Waals surface area contributed by atoms with Gasteiger partial charge < -0.3 is 10.0 Å². The highest BCUT2D eigenvalue weighted by Crippen LogP contribution is 2.17. The number of rotatable bonds is 2. The lowest BCUT2D eigenvalue weighted by Crippen LogP contribution is -2.46. The van der Waals surface area contributed by atoms with Gasteiger partial charge in [-0.05, 0) is 12.3 Å². The Hall–Kier alpha value is -1.43. The highest BCUT2D eigenvalue weighted by atomic mass is 16.3. The Balaban J connectivity index is 1.90. The standard InChI is InChI=1S/C10H16N4O2/c1-8-2-4-13(6-9(8)15)10(16)7-14-5-3-11-12-14/h3,5,8-9,15H,2,4,6-7H2,1H3. The summed E-state index contributed by atoms with van der Waals surface area (Å²) in [4.78, 5) is 13.5. The van der Waals surface area contributed by atoms with E-state index in [0.29, 0.717) is 13.1 Å². The third kappa shape index (κ3) is 2.38. The number of hydrogen-bond donors (Lipinski definition) is 1. The van der Waals surface area contributed by atoms with E-state index in [2.05, 4.69) is 10.3 Å². The number of carbonyl (C=O) groups excluding carboxylic acids is 1. The number of aliphatic hydroxyl groups excluding tert-OH is 1. The summed E-state index contributed by atoms with van der Waals surface area (Å²) in [6.07, 6.45) is 3.64. The predicted octanol–water partition coefficient (Wildman–Crippen LogP) is -0.493. The molecule has 1 N–H and O–H groups in total. The molecule has 0 aliphatic carbocycles. The van der Waals surface area contributed by atoms with Crippen LogP contribution in [0.1, 0.15) is 13.3 Å². The molecule has 0 radical (unpaired) electrons. The molecule has 1 aliphatic rings. The van der Waals surface area contributed by atoms with Crippen LogP contribution in [0, 0.1) is 5.92 Å². The van der Waals surface area contributed by atoms with Crippen LogP contribution >= 0.6 is 0 Å². The number of β-amino-alcohol motifs (C(OH)–C–C–N with tert-alkyl or cyclic N) is 1. The van der Waals surface area contributed by atoms with E-state index >= 15 is 0 Å². The number of aliphatic hydroxyl groups is 1. The maximum Gasteiger partial charge on any atom is 0.244 e. The summed E-state index contributed by atoms with van der Waals surface area (Å²) in [5.41, 5.74) is 0. The van der Waals surface area contributed by atoms with Crippen molar-refractivity contribution in [3.05, 3.63) is 12.4 Å². The zero-order chi connectivity index (χ0) is 11.5. The van der Waals surface area contributed by atoms with Crippen LogP contribution in [0.4, 0.5) is 0 Å². The molecule has 6 nitrogen and oxygen atoms in total. The van der Waals surface area contributed by atoms with E-state index in [4.69, 9.17) is 0 Å².